The van der Waals surface area contributed by atoms with Gasteiger partial charge in [0.15, 0.2) is 0 Å². The van der Waals surface area contributed by atoms with Gasteiger partial charge in [-0.25, -0.2) is 0 Å². The summed E-state index contributed by atoms with van der Waals surface area (Å²) in [4.78, 5) is 14.0. The molecule has 1 aromatic rings. The number of amides is 1. The van der Waals surface area contributed by atoms with Gasteiger partial charge < -0.3 is 11.1 Å². The van der Waals surface area contributed by atoms with Crippen molar-refractivity contribution in [1.82, 2.24) is 10.2 Å². The first kappa shape index (κ1) is 17.7. The maximum absolute atomic E-state index is 11.7. The smallest absolute Gasteiger partial charge is 0.236 e. The Bertz CT molecular complexity index is 408. The lowest BCUT2D eigenvalue weighted by molar-refractivity contribution is -0.122. The van der Waals surface area contributed by atoms with Crippen LogP contribution < -0.4 is 11.1 Å². The van der Waals surface area contributed by atoms with Crippen LogP contribution in [0, 0.1) is 0 Å². The molecule has 0 saturated heterocycles. The molecule has 0 aliphatic rings. The van der Waals surface area contributed by atoms with E-state index in [2.05, 4.69) is 48.5 Å². The van der Waals surface area contributed by atoms with Crippen LogP contribution in [0.25, 0.3) is 0 Å². The molecular weight excluding hydrogens is 262 g/mol. The monoisotopic (exact) mass is 291 g/mol. The van der Waals surface area contributed by atoms with Crippen LogP contribution in [0.4, 0.5) is 0 Å². The van der Waals surface area contributed by atoms with Gasteiger partial charge in [0, 0.05) is 19.1 Å². The first-order valence-corrected chi connectivity index (χ1v) is 7.82. The third-order valence-corrected chi connectivity index (χ3v) is 3.83. The molecule has 0 aliphatic heterocycles. The SMILES string of the molecule is CCCC(N)C(=O)NCCC(C)N(C)Cc1ccccc1. The van der Waals surface area contributed by atoms with Crippen LogP contribution in [0.1, 0.15) is 38.7 Å². The van der Waals surface area contributed by atoms with E-state index in [0.29, 0.717) is 12.6 Å². The normalized spacial score (nSPS) is 14.0. The summed E-state index contributed by atoms with van der Waals surface area (Å²) in [6.07, 6.45) is 2.61. The van der Waals surface area contributed by atoms with Crippen molar-refractivity contribution in [3.63, 3.8) is 0 Å². The quantitative estimate of drug-likeness (QED) is 0.733. The van der Waals surface area contributed by atoms with Crippen LogP contribution in [-0.4, -0.2) is 36.5 Å². The first-order chi connectivity index (χ1) is 10.0. The van der Waals surface area contributed by atoms with Gasteiger partial charge in [0.25, 0.3) is 0 Å². The molecule has 1 aromatic carbocycles. The van der Waals surface area contributed by atoms with E-state index in [9.17, 15) is 4.79 Å². The van der Waals surface area contributed by atoms with Gasteiger partial charge >= 0.3 is 0 Å². The molecule has 21 heavy (non-hydrogen) atoms. The lowest BCUT2D eigenvalue weighted by Gasteiger charge is -2.25. The Kier molecular flexibility index (Phi) is 8.01. The van der Waals surface area contributed by atoms with E-state index in [1.807, 2.05) is 13.0 Å². The third-order valence-electron chi connectivity index (χ3n) is 3.83. The fourth-order valence-corrected chi connectivity index (χ4v) is 2.23. The Morgan fingerprint density at radius 3 is 2.57 bits per heavy atom. The lowest BCUT2D eigenvalue weighted by Crippen LogP contribution is -2.42. The molecule has 0 aromatic heterocycles. The van der Waals surface area contributed by atoms with Gasteiger partial charge in [-0.15, -0.1) is 0 Å². The van der Waals surface area contributed by atoms with Crippen molar-refractivity contribution in [2.45, 2.75) is 51.7 Å². The highest BCUT2D eigenvalue weighted by Crippen LogP contribution is 2.07. The standard InChI is InChI=1S/C17H29N3O/c1-4-8-16(18)17(21)19-12-11-14(2)20(3)13-15-9-6-5-7-10-15/h5-7,9-10,14,16H,4,8,11-13,18H2,1-3H3,(H,19,21). The summed E-state index contributed by atoms with van der Waals surface area (Å²) in [5.74, 6) is -0.0326. The average molecular weight is 291 g/mol. The lowest BCUT2D eigenvalue weighted by atomic mass is 10.1. The minimum atomic E-state index is -0.368. The predicted octanol–water partition coefficient (Wildman–Crippen LogP) is 2.14. The molecule has 1 rings (SSSR count). The van der Waals surface area contributed by atoms with Crippen LogP contribution in [-0.2, 0) is 11.3 Å². The number of benzene rings is 1. The van der Waals surface area contributed by atoms with Crippen LogP contribution in [0.3, 0.4) is 0 Å². The highest BCUT2D eigenvalue weighted by Gasteiger charge is 2.13. The first-order valence-electron chi connectivity index (χ1n) is 7.82. The Morgan fingerprint density at radius 2 is 1.95 bits per heavy atom. The largest absolute Gasteiger partial charge is 0.355 e. The fraction of sp³-hybridized carbons (Fsp3) is 0.588. The van der Waals surface area contributed by atoms with Crippen LogP contribution in [0.15, 0.2) is 30.3 Å². The highest BCUT2D eigenvalue weighted by molar-refractivity contribution is 5.81. The van der Waals surface area contributed by atoms with Gasteiger partial charge in [-0.05, 0) is 32.4 Å². The van der Waals surface area contributed by atoms with E-state index < -0.39 is 0 Å². The molecule has 0 bridgehead atoms. The Morgan fingerprint density at radius 1 is 1.29 bits per heavy atom. The number of nitrogens with zero attached hydrogens (tertiary/aromatic N) is 1. The topological polar surface area (TPSA) is 58.4 Å². The molecule has 118 valence electrons. The zero-order chi connectivity index (χ0) is 15.7. The molecule has 2 unspecified atom stereocenters. The predicted molar refractivity (Wildman–Crippen MR) is 87.9 cm³/mol. The summed E-state index contributed by atoms with van der Waals surface area (Å²) >= 11 is 0. The Labute approximate surface area is 128 Å². The van der Waals surface area contributed by atoms with E-state index >= 15 is 0 Å². The van der Waals surface area contributed by atoms with Crippen LogP contribution in [0.5, 0.6) is 0 Å². The summed E-state index contributed by atoms with van der Waals surface area (Å²) in [6.45, 7) is 5.82. The molecule has 2 atom stereocenters. The van der Waals surface area contributed by atoms with Gasteiger partial charge in [-0.3, -0.25) is 9.69 Å². The van der Waals surface area contributed by atoms with E-state index in [-0.39, 0.29) is 11.9 Å². The number of rotatable bonds is 9. The molecule has 4 heteroatoms. The third kappa shape index (κ3) is 6.74. The van der Waals surface area contributed by atoms with E-state index in [1.54, 1.807) is 0 Å². The minimum Gasteiger partial charge on any atom is -0.355 e. The van der Waals surface area contributed by atoms with E-state index in [0.717, 1.165) is 25.8 Å². The highest BCUT2D eigenvalue weighted by atomic mass is 16.2. The Hall–Kier alpha value is -1.39. The summed E-state index contributed by atoms with van der Waals surface area (Å²) in [5.41, 5.74) is 7.09. The van der Waals surface area contributed by atoms with Crippen molar-refractivity contribution in [3.05, 3.63) is 35.9 Å². The molecule has 4 nitrogen and oxygen atoms in total. The number of nitrogens with one attached hydrogen (secondary N) is 1. The average Bonchev–Trinajstić information content (AvgIpc) is 2.48. The zero-order valence-electron chi connectivity index (χ0n) is 13.5. The second kappa shape index (κ2) is 9.53. The van der Waals surface area contributed by atoms with E-state index in [1.165, 1.54) is 5.56 Å². The molecule has 0 fully saturated rings. The van der Waals surface area contributed by atoms with Crippen LogP contribution >= 0.6 is 0 Å². The molecule has 0 spiro atoms. The molecule has 0 radical (unpaired) electrons. The molecule has 3 N–H and O–H groups in total. The van der Waals surface area contributed by atoms with Gasteiger partial charge in [0.2, 0.25) is 5.91 Å². The van der Waals surface area contributed by atoms with Crippen molar-refractivity contribution < 1.29 is 4.79 Å². The summed E-state index contributed by atoms with van der Waals surface area (Å²) < 4.78 is 0. The fourth-order valence-electron chi connectivity index (χ4n) is 2.23. The zero-order valence-corrected chi connectivity index (χ0v) is 13.5. The summed E-state index contributed by atoms with van der Waals surface area (Å²) in [6, 6.07) is 10.5. The molecule has 0 saturated carbocycles. The molecule has 0 heterocycles. The van der Waals surface area contributed by atoms with Gasteiger partial charge in [0.1, 0.15) is 0 Å². The van der Waals surface area contributed by atoms with Gasteiger partial charge in [0.05, 0.1) is 6.04 Å². The number of carbonyl (C=O) groups excluding carboxylic acids is 1. The maximum atomic E-state index is 11.7. The van der Waals surface area contributed by atoms with Crippen molar-refractivity contribution in [3.8, 4) is 0 Å². The molecular formula is C17H29N3O. The number of hydrogen-bond acceptors (Lipinski definition) is 3. The van der Waals surface area contributed by atoms with Gasteiger partial charge in [-0.2, -0.15) is 0 Å². The minimum absolute atomic E-state index is 0.0326. The van der Waals surface area contributed by atoms with Crippen molar-refractivity contribution >= 4 is 5.91 Å². The second-order valence-corrected chi connectivity index (χ2v) is 5.72. The molecule has 1 amide bonds. The number of hydrogen-bond donors (Lipinski definition) is 2. The second-order valence-electron chi connectivity index (χ2n) is 5.72. The summed E-state index contributed by atoms with van der Waals surface area (Å²) in [5, 5.41) is 2.93. The van der Waals surface area contributed by atoms with E-state index in [4.69, 9.17) is 5.73 Å². The van der Waals surface area contributed by atoms with Crippen molar-refractivity contribution in [2.75, 3.05) is 13.6 Å². The Balaban J connectivity index is 2.27. The number of nitrogens with two attached hydrogens (primary N) is 1. The van der Waals surface area contributed by atoms with Crippen LogP contribution in [0.2, 0.25) is 0 Å². The maximum Gasteiger partial charge on any atom is 0.236 e. The number of carbonyl (C=O) groups is 1. The molecule has 0 aliphatic carbocycles. The van der Waals surface area contributed by atoms with Crippen molar-refractivity contribution in [1.29, 1.82) is 0 Å². The van der Waals surface area contributed by atoms with Gasteiger partial charge in [-0.1, -0.05) is 43.7 Å². The summed E-state index contributed by atoms with van der Waals surface area (Å²) in [7, 11) is 2.11. The van der Waals surface area contributed by atoms with Crippen molar-refractivity contribution in [2.24, 2.45) is 5.73 Å².